The first-order valence-corrected chi connectivity index (χ1v) is 6.46. The Morgan fingerprint density at radius 1 is 0.905 bits per heavy atom. The third kappa shape index (κ3) is 3.56. The number of methoxy groups -OCH3 is 3. The van der Waals surface area contributed by atoms with Gasteiger partial charge in [-0.2, -0.15) is 0 Å². The van der Waals surface area contributed by atoms with Gasteiger partial charge in [0.1, 0.15) is 23.1 Å². The molecule has 0 aliphatic carbocycles. The quantitative estimate of drug-likeness (QED) is 0.884. The maximum atomic E-state index is 13.9. The standard InChI is InChI=1S/C16H18FNO3/c1-19-12-5-4-11(14(17)8-12)10-18-15-9-13(20-2)6-7-16(15)21-3/h4-9,18H,10H2,1-3H3. The average Bonchev–Trinajstić information content (AvgIpc) is 2.53. The van der Waals surface area contributed by atoms with E-state index in [0.29, 0.717) is 29.4 Å². The molecule has 0 aliphatic heterocycles. The van der Waals surface area contributed by atoms with Crippen LogP contribution in [0.25, 0.3) is 0 Å². The molecule has 0 spiro atoms. The topological polar surface area (TPSA) is 39.7 Å². The van der Waals surface area contributed by atoms with Crippen molar-refractivity contribution < 1.29 is 18.6 Å². The first-order valence-electron chi connectivity index (χ1n) is 6.46. The zero-order chi connectivity index (χ0) is 15.2. The van der Waals surface area contributed by atoms with Crippen molar-refractivity contribution in [3.63, 3.8) is 0 Å². The first-order chi connectivity index (χ1) is 10.2. The molecule has 112 valence electrons. The van der Waals surface area contributed by atoms with Crippen LogP contribution in [0.5, 0.6) is 17.2 Å². The summed E-state index contributed by atoms with van der Waals surface area (Å²) in [6.45, 7) is 0.333. The van der Waals surface area contributed by atoms with Gasteiger partial charge < -0.3 is 19.5 Å². The van der Waals surface area contributed by atoms with Crippen LogP contribution < -0.4 is 19.5 Å². The summed E-state index contributed by atoms with van der Waals surface area (Å²) in [4.78, 5) is 0. The molecule has 0 bridgehead atoms. The summed E-state index contributed by atoms with van der Waals surface area (Å²) < 4.78 is 29.3. The first kappa shape index (κ1) is 15.0. The lowest BCUT2D eigenvalue weighted by Crippen LogP contribution is -2.04. The molecule has 0 saturated heterocycles. The highest BCUT2D eigenvalue weighted by atomic mass is 19.1. The van der Waals surface area contributed by atoms with Crippen LogP contribution in [-0.4, -0.2) is 21.3 Å². The Hall–Kier alpha value is -2.43. The molecule has 0 unspecified atom stereocenters. The van der Waals surface area contributed by atoms with E-state index >= 15 is 0 Å². The molecule has 5 heteroatoms. The van der Waals surface area contributed by atoms with Gasteiger partial charge in [0.15, 0.2) is 0 Å². The monoisotopic (exact) mass is 291 g/mol. The molecule has 21 heavy (non-hydrogen) atoms. The van der Waals surface area contributed by atoms with Crippen molar-refractivity contribution in [1.82, 2.24) is 0 Å². The zero-order valence-electron chi connectivity index (χ0n) is 12.3. The molecule has 2 aromatic carbocycles. The van der Waals surface area contributed by atoms with Crippen molar-refractivity contribution in [1.29, 1.82) is 0 Å². The van der Waals surface area contributed by atoms with E-state index in [9.17, 15) is 4.39 Å². The van der Waals surface area contributed by atoms with Crippen molar-refractivity contribution in [3.05, 3.63) is 47.8 Å². The average molecular weight is 291 g/mol. The SMILES string of the molecule is COc1ccc(CNc2cc(OC)ccc2OC)c(F)c1. The van der Waals surface area contributed by atoms with Gasteiger partial charge in [-0.15, -0.1) is 0 Å². The Morgan fingerprint density at radius 3 is 2.19 bits per heavy atom. The second kappa shape index (κ2) is 6.83. The molecule has 0 saturated carbocycles. The van der Waals surface area contributed by atoms with Crippen molar-refractivity contribution >= 4 is 5.69 Å². The number of ether oxygens (including phenoxy) is 3. The second-order valence-corrected chi connectivity index (χ2v) is 4.38. The summed E-state index contributed by atoms with van der Waals surface area (Å²) in [7, 11) is 4.68. The summed E-state index contributed by atoms with van der Waals surface area (Å²) in [5, 5.41) is 3.15. The van der Waals surface area contributed by atoms with Gasteiger partial charge in [0, 0.05) is 24.2 Å². The summed E-state index contributed by atoms with van der Waals surface area (Å²) in [5.41, 5.74) is 1.28. The Morgan fingerprint density at radius 2 is 1.57 bits per heavy atom. The number of rotatable bonds is 6. The normalized spacial score (nSPS) is 10.1. The number of hydrogen-bond acceptors (Lipinski definition) is 4. The van der Waals surface area contributed by atoms with E-state index < -0.39 is 0 Å². The van der Waals surface area contributed by atoms with E-state index in [2.05, 4.69) is 5.32 Å². The predicted octanol–water partition coefficient (Wildman–Crippen LogP) is 3.46. The van der Waals surface area contributed by atoms with E-state index in [0.717, 1.165) is 5.69 Å². The molecule has 2 rings (SSSR count). The molecule has 1 N–H and O–H groups in total. The van der Waals surface area contributed by atoms with Crippen LogP contribution in [0.1, 0.15) is 5.56 Å². The van der Waals surface area contributed by atoms with Crippen LogP contribution in [-0.2, 0) is 6.54 Å². The minimum absolute atomic E-state index is 0.316. The Labute approximate surface area is 123 Å². The molecule has 2 aromatic rings. The Balaban J connectivity index is 2.15. The van der Waals surface area contributed by atoms with E-state index in [-0.39, 0.29) is 5.82 Å². The van der Waals surface area contributed by atoms with Gasteiger partial charge in [0.05, 0.1) is 27.0 Å². The lowest BCUT2D eigenvalue weighted by Gasteiger charge is -2.13. The fourth-order valence-corrected chi connectivity index (χ4v) is 1.94. The van der Waals surface area contributed by atoms with E-state index in [1.807, 2.05) is 0 Å². The van der Waals surface area contributed by atoms with Crippen molar-refractivity contribution in [2.24, 2.45) is 0 Å². The largest absolute Gasteiger partial charge is 0.497 e. The lowest BCUT2D eigenvalue weighted by atomic mass is 10.2. The molecular weight excluding hydrogens is 273 g/mol. The number of anilines is 1. The second-order valence-electron chi connectivity index (χ2n) is 4.38. The Bertz CT molecular complexity index is 616. The predicted molar refractivity (Wildman–Crippen MR) is 79.8 cm³/mol. The Kier molecular flexibility index (Phi) is 4.87. The highest BCUT2D eigenvalue weighted by molar-refractivity contribution is 5.60. The fraction of sp³-hybridized carbons (Fsp3) is 0.250. The maximum Gasteiger partial charge on any atom is 0.142 e. The van der Waals surface area contributed by atoms with Gasteiger partial charge in [-0.3, -0.25) is 0 Å². The van der Waals surface area contributed by atoms with Crippen LogP contribution >= 0.6 is 0 Å². The third-order valence-corrected chi connectivity index (χ3v) is 3.14. The third-order valence-electron chi connectivity index (χ3n) is 3.14. The molecule has 0 heterocycles. The molecule has 0 aromatic heterocycles. The summed E-state index contributed by atoms with van der Waals surface area (Å²) in [6.07, 6.45) is 0. The van der Waals surface area contributed by atoms with Gasteiger partial charge in [-0.1, -0.05) is 6.07 Å². The van der Waals surface area contributed by atoms with E-state index in [1.165, 1.54) is 13.2 Å². The van der Waals surface area contributed by atoms with Gasteiger partial charge in [0.25, 0.3) is 0 Å². The number of hydrogen-bond donors (Lipinski definition) is 1. The lowest BCUT2D eigenvalue weighted by molar-refractivity contribution is 0.404. The molecule has 4 nitrogen and oxygen atoms in total. The van der Waals surface area contributed by atoms with Crippen LogP contribution in [0.15, 0.2) is 36.4 Å². The minimum Gasteiger partial charge on any atom is -0.497 e. The smallest absolute Gasteiger partial charge is 0.142 e. The summed E-state index contributed by atoms with van der Waals surface area (Å²) >= 11 is 0. The van der Waals surface area contributed by atoms with Crippen molar-refractivity contribution in [2.45, 2.75) is 6.54 Å². The van der Waals surface area contributed by atoms with E-state index in [1.54, 1.807) is 44.6 Å². The molecular formula is C16H18FNO3. The molecule has 0 aliphatic rings. The van der Waals surface area contributed by atoms with Crippen molar-refractivity contribution in [2.75, 3.05) is 26.6 Å². The zero-order valence-corrected chi connectivity index (χ0v) is 12.3. The van der Waals surface area contributed by atoms with E-state index in [4.69, 9.17) is 14.2 Å². The number of nitrogens with one attached hydrogen (secondary N) is 1. The van der Waals surface area contributed by atoms with Crippen LogP contribution in [0.2, 0.25) is 0 Å². The summed E-state index contributed by atoms with van der Waals surface area (Å²) in [5.74, 6) is 1.55. The van der Waals surface area contributed by atoms with Gasteiger partial charge in [0.2, 0.25) is 0 Å². The molecule has 0 radical (unpaired) electrons. The van der Waals surface area contributed by atoms with Crippen molar-refractivity contribution in [3.8, 4) is 17.2 Å². The molecule has 0 atom stereocenters. The minimum atomic E-state index is -0.316. The fourth-order valence-electron chi connectivity index (χ4n) is 1.94. The number of benzene rings is 2. The number of halogens is 1. The molecule has 0 amide bonds. The molecule has 0 fully saturated rings. The van der Waals surface area contributed by atoms with Gasteiger partial charge in [-0.05, 0) is 18.2 Å². The maximum absolute atomic E-state index is 13.9. The highest BCUT2D eigenvalue weighted by Gasteiger charge is 2.07. The van der Waals surface area contributed by atoms with Gasteiger partial charge in [-0.25, -0.2) is 4.39 Å². The van der Waals surface area contributed by atoms with Crippen LogP contribution in [0, 0.1) is 5.82 Å². The van der Waals surface area contributed by atoms with Gasteiger partial charge >= 0.3 is 0 Å². The van der Waals surface area contributed by atoms with Crippen LogP contribution in [0.4, 0.5) is 10.1 Å². The summed E-state index contributed by atoms with van der Waals surface area (Å²) in [6, 6.07) is 10.2. The highest BCUT2D eigenvalue weighted by Crippen LogP contribution is 2.29. The van der Waals surface area contributed by atoms with Crippen LogP contribution in [0.3, 0.4) is 0 Å².